The molecule has 1 N–H and O–H groups in total. The predicted octanol–water partition coefficient (Wildman–Crippen LogP) is 3.93. The molecule has 0 amide bonds. The highest BCUT2D eigenvalue weighted by Crippen LogP contribution is 2.31. The lowest BCUT2D eigenvalue weighted by molar-refractivity contribution is -0.137. The SMILES string of the molecule is Fc1cc(C(F)(F)F)ccc1NCCCCn1ccnc1. The van der Waals surface area contributed by atoms with Gasteiger partial charge < -0.3 is 9.88 Å². The van der Waals surface area contributed by atoms with Crippen LogP contribution in [0.15, 0.2) is 36.9 Å². The minimum atomic E-state index is -4.52. The van der Waals surface area contributed by atoms with Gasteiger partial charge in [0.25, 0.3) is 0 Å². The van der Waals surface area contributed by atoms with Crippen molar-refractivity contribution in [3.05, 3.63) is 48.3 Å². The van der Waals surface area contributed by atoms with Crippen LogP contribution in [-0.4, -0.2) is 16.1 Å². The van der Waals surface area contributed by atoms with Gasteiger partial charge in [-0.3, -0.25) is 0 Å². The molecule has 21 heavy (non-hydrogen) atoms. The number of benzene rings is 1. The third-order valence-electron chi connectivity index (χ3n) is 3.01. The average molecular weight is 301 g/mol. The number of anilines is 1. The molecule has 0 unspecified atom stereocenters. The molecule has 3 nitrogen and oxygen atoms in total. The third kappa shape index (κ3) is 4.47. The molecule has 0 radical (unpaired) electrons. The number of rotatable bonds is 6. The van der Waals surface area contributed by atoms with E-state index in [0.29, 0.717) is 12.6 Å². The summed E-state index contributed by atoms with van der Waals surface area (Å²) >= 11 is 0. The Labute approximate surface area is 119 Å². The van der Waals surface area contributed by atoms with E-state index < -0.39 is 17.6 Å². The van der Waals surface area contributed by atoms with Crippen LogP contribution in [0, 0.1) is 5.82 Å². The quantitative estimate of drug-likeness (QED) is 0.647. The number of imidazole rings is 1. The van der Waals surface area contributed by atoms with Crippen LogP contribution in [0.25, 0.3) is 0 Å². The van der Waals surface area contributed by atoms with Crippen molar-refractivity contribution in [2.75, 3.05) is 11.9 Å². The zero-order chi connectivity index (χ0) is 15.3. The number of aryl methyl sites for hydroxylation is 1. The number of hydrogen-bond acceptors (Lipinski definition) is 2. The second-order valence-electron chi connectivity index (χ2n) is 4.63. The van der Waals surface area contributed by atoms with Gasteiger partial charge in [0.1, 0.15) is 5.82 Å². The molecule has 0 aliphatic rings. The first kappa shape index (κ1) is 15.3. The zero-order valence-corrected chi connectivity index (χ0v) is 11.2. The number of nitrogens with one attached hydrogen (secondary N) is 1. The van der Waals surface area contributed by atoms with Gasteiger partial charge >= 0.3 is 6.18 Å². The van der Waals surface area contributed by atoms with E-state index in [1.54, 1.807) is 12.5 Å². The Morgan fingerprint density at radius 3 is 2.62 bits per heavy atom. The van der Waals surface area contributed by atoms with Gasteiger partial charge in [0.15, 0.2) is 0 Å². The number of hydrogen-bond donors (Lipinski definition) is 1. The molecule has 0 saturated heterocycles. The smallest absolute Gasteiger partial charge is 0.383 e. The fraction of sp³-hybridized carbons (Fsp3) is 0.357. The van der Waals surface area contributed by atoms with E-state index in [9.17, 15) is 17.6 Å². The van der Waals surface area contributed by atoms with Crippen molar-refractivity contribution in [1.29, 1.82) is 0 Å². The van der Waals surface area contributed by atoms with Crippen molar-refractivity contribution in [3.8, 4) is 0 Å². The third-order valence-corrected chi connectivity index (χ3v) is 3.01. The molecule has 1 aromatic carbocycles. The molecule has 7 heteroatoms. The van der Waals surface area contributed by atoms with Crippen LogP contribution in [0.4, 0.5) is 23.2 Å². The van der Waals surface area contributed by atoms with Crippen LogP contribution >= 0.6 is 0 Å². The first-order valence-electron chi connectivity index (χ1n) is 6.53. The highest BCUT2D eigenvalue weighted by Gasteiger charge is 2.31. The standard InChI is InChI=1S/C14H15F4N3/c15-12-9-11(14(16,17)18)3-4-13(12)20-5-1-2-7-21-8-6-19-10-21/h3-4,6,8-10,20H,1-2,5,7H2. The van der Waals surface area contributed by atoms with E-state index in [0.717, 1.165) is 31.5 Å². The van der Waals surface area contributed by atoms with Crippen molar-refractivity contribution < 1.29 is 17.6 Å². The van der Waals surface area contributed by atoms with Crippen LogP contribution in [-0.2, 0) is 12.7 Å². The van der Waals surface area contributed by atoms with Crippen LogP contribution in [0.5, 0.6) is 0 Å². The highest BCUT2D eigenvalue weighted by molar-refractivity contribution is 5.46. The summed E-state index contributed by atoms with van der Waals surface area (Å²) in [6, 6.07) is 2.50. The summed E-state index contributed by atoms with van der Waals surface area (Å²) in [5.41, 5.74) is -0.892. The maximum atomic E-state index is 13.5. The maximum Gasteiger partial charge on any atom is 0.416 e. The Morgan fingerprint density at radius 1 is 1.19 bits per heavy atom. The fourth-order valence-corrected chi connectivity index (χ4v) is 1.90. The Bertz CT molecular complexity index is 564. The van der Waals surface area contributed by atoms with Gasteiger partial charge in [0, 0.05) is 25.5 Å². The predicted molar refractivity (Wildman–Crippen MR) is 71.4 cm³/mol. The molecule has 0 atom stereocenters. The molecule has 2 aromatic rings. The summed E-state index contributed by atoms with van der Waals surface area (Å²) in [4.78, 5) is 3.91. The van der Waals surface area contributed by atoms with Gasteiger partial charge in [-0.15, -0.1) is 0 Å². The van der Waals surface area contributed by atoms with Crippen LogP contribution in [0.2, 0.25) is 0 Å². The van der Waals surface area contributed by atoms with Crippen molar-refractivity contribution in [2.24, 2.45) is 0 Å². The number of aromatic nitrogens is 2. The monoisotopic (exact) mass is 301 g/mol. The zero-order valence-electron chi connectivity index (χ0n) is 11.2. The van der Waals surface area contributed by atoms with Gasteiger partial charge in [-0.05, 0) is 31.0 Å². The molecule has 1 heterocycles. The van der Waals surface area contributed by atoms with Crippen LogP contribution in [0.1, 0.15) is 18.4 Å². The lowest BCUT2D eigenvalue weighted by Crippen LogP contribution is -2.08. The molecule has 0 aliphatic carbocycles. The van der Waals surface area contributed by atoms with E-state index in [1.165, 1.54) is 0 Å². The van der Waals surface area contributed by atoms with E-state index in [2.05, 4.69) is 10.3 Å². The molecule has 0 fully saturated rings. The van der Waals surface area contributed by atoms with Crippen molar-refractivity contribution in [3.63, 3.8) is 0 Å². The maximum absolute atomic E-state index is 13.5. The van der Waals surface area contributed by atoms with Gasteiger partial charge in [-0.2, -0.15) is 13.2 Å². The summed E-state index contributed by atoms with van der Waals surface area (Å²) < 4.78 is 52.6. The minimum Gasteiger partial charge on any atom is -0.383 e. The second-order valence-corrected chi connectivity index (χ2v) is 4.63. The van der Waals surface area contributed by atoms with Gasteiger partial charge in [-0.1, -0.05) is 0 Å². The van der Waals surface area contributed by atoms with Crippen LogP contribution < -0.4 is 5.32 Å². The number of unbranched alkanes of at least 4 members (excludes halogenated alkanes) is 1. The van der Waals surface area contributed by atoms with Crippen LogP contribution in [0.3, 0.4) is 0 Å². The topological polar surface area (TPSA) is 29.9 Å². The fourth-order valence-electron chi connectivity index (χ4n) is 1.90. The lowest BCUT2D eigenvalue weighted by Gasteiger charge is -2.11. The molecule has 2 rings (SSSR count). The molecule has 0 saturated carbocycles. The molecular weight excluding hydrogens is 286 g/mol. The Morgan fingerprint density at radius 2 is 2.00 bits per heavy atom. The summed E-state index contributed by atoms with van der Waals surface area (Å²) in [6.07, 6.45) is 2.37. The van der Waals surface area contributed by atoms with Crippen molar-refractivity contribution in [1.82, 2.24) is 9.55 Å². The summed E-state index contributed by atoms with van der Waals surface area (Å²) in [7, 11) is 0. The Hall–Kier alpha value is -2.05. The van der Waals surface area contributed by atoms with E-state index in [4.69, 9.17) is 0 Å². The summed E-state index contributed by atoms with van der Waals surface area (Å²) in [5, 5.41) is 2.80. The first-order chi connectivity index (χ1) is 9.97. The highest BCUT2D eigenvalue weighted by atomic mass is 19.4. The second kappa shape index (κ2) is 6.60. The Kier molecular flexibility index (Phi) is 4.82. The summed E-state index contributed by atoms with van der Waals surface area (Å²) in [6.45, 7) is 1.30. The molecule has 114 valence electrons. The number of halogens is 4. The first-order valence-corrected chi connectivity index (χ1v) is 6.53. The number of alkyl halides is 3. The minimum absolute atomic E-state index is 0.0885. The molecule has 0 spiro atoms. The lowest BCUT2D eigenvalue weighted by atomic mass is 10.2. The summed E-state index contributed by atoms with van der Waals surface area (Å²) in [5.74, 6) is -0.889. The van der Waals surface area contributed by atoms with Crippen molar-refractivity contribution in [2.45, 2.75) is 25.6 Å². The largest absolute Gasteiger partial charge is 0.416 e. The van der Waals surface area contributed by atoms with Crippen molar-refractivity contribution >= 4 is 5.69 Å². The van der Waals surface area contributed by atoms with Gasteiger partial charge in [0.05, 0.1) is 17.6 Å². The van der Waals surface area contributed by atoms with Gasteiger partial charge in [0.2, 0.25) is 0 Å². The van der Waals surface area contributed by atoms with E-state index >= 15 is 0 Å². The molecule has 0 bridgehead atoms. The van der Waals surface area contributed by atoms with Gasteiger partial charge in [-0.25, -0.2) is 9.37 Å². The van der Waals surface area contributed by atoms with E-state index in [-0.39, 0.29) is 5.69 Å². The number of nitrogens with zero attached hydrogens (tertiary/aromatic N) is 2. The average Bonchev–Trinajstić information content (AvgIpc) is 2.92. The molecule has 0 aliphatic heterocycles. The molecular formula is C14H15F4N3. The molecule has 1 aromatic heterocycles. The Balaban J connectivity index is 1.78. The normalized spacial score (nSPS) is 11.6. The van der Waals surface area contributed by atoms with E-state index in [1.807, 2.05) is 10.8 Å².